The molecule has 0 aromatic heterocycles. The number of nitro groups is 1. The summed E-state index contributed by atoms with van der Waals surface area (Å²) in [6.45, 7) is 0. The van der Waals surface area contributed by atoms with E-state index in [-0.39, 0.29) is 28.7 Å². The van der Waals surface area contributed by atoms with Crippen molar-refractivity contribution in [1.82, 2.24) is 5.32 Å². The number of nitrogens with zero attached hydrogens (tertiary/aromatic N) is 3. The Bertz CT molecular complexity index is 599. The summed E-state index contributed by atoms with van der Waals surface area (Å²) >= 11 is 1.19. The van der Waals surface area contributed by atoms with Crippen LogP contribution in [0.25, 0.3) is 0 Å². The van der Waals surface area contributed by atoms with Gasteiger partial charge >= 0.3 is 0 Å². The Morgan fingerprint density at radius 2 is 2.32 bits per heavy atom. The summed E-state index contributed by atoms with van der Waals surface area (Å²) in [6.07, 6.45) is 1.15. The fraction of sp³-hybridized carbons (Fsp3) is 0.100. The molecule has 1 heterocycles. The van der Waals surface area contributed by atoms with Crippen LogP contribution in [0, 0.1) is 10.1 Å². The molecule has 9 heteroatoms. The standard InChI is InChI=1S/C10H8N4O4S/c15-7-1-2-8(14(17)18)6(3-7)4-11-13-10-12-9(16)5-19-10/h1-4,15H,5H2,(H,12,13,16). The van der Waals surface area contributed by atoms with E-state index in [1.807, 2.05) is 0 Å². The molecule has 0 spiro atoms. The first-order valence-corrected chi connectivity index (χ1v) is 6.06. The van der Waals surface area contributed by atoms with E-state index in [1.54, 1.807) is 0 Å². The average molecular weight is 280 g/mol. The molecule has 0 radical (unpaired) electrons. The molecule has 1 aliphatic heterocycles. The van der Waals surface area contributed by atoms with E-state index >= 15 is 0 Å². The highest BCUT2D eigenvalue weighted by atomic mass is 32.2. The smallest absolute Gasteiger partial charge is 0.278 e. The summed E-state index contributed by atoms with van der Waals surface area (Å²) in [4.78, 5) is 21.1. The number of phenols is 1. The van der Waals surface area contributed by atoms with Crippen LogP contribution in [0.3, 0.4) is 0 Å². The van der Waals surface area contributed by atoms with Crippen molar-refractivity contribution in [3.63, 3.8) is 0 Å². The Hall–Kier alpha value is -2.42. The quantitative estimate of drug-likeness (QED) is 0.483. The van der Waals surface area contributed by atoms with Gasteiger partial charge in [-0.15, -0.1) is 5.10 Å². The lowest BCUT2D eigenvalue weighted by Gasteiger charge is -1.97. The Morgan fingerprint density at radius 1 is 1.53 bits per heavy atom. The number of aromatic hydroxyl groups is 1. The van der Waals surface area contributed by atoms with Crippen LogP contribution in [0.1, 0.15) is 5.56 Å². The number of benzene rings is 1. The van der Waals surface area contributed by atoms with Crippen LogP contribution in [-0.2, 0) is 4.79 Å². The summed E-state index contributed by atoms with van der Waals surface area (Å²) in [5, 5.41) is 30.2. The molecule has 1 amide bonds. The maximum Gasteiger partial charge on any atom is 0.278 e. The van der Waals surface area contributed by atoms with E-state index in [0.29, 0.717) is 5.17 Å². The second-order valence-corrected chi connectivity index (χ2v) is 4.45. The molecule has 2 rings (SSSR count). The normalized spacial score (nSPS) is 17.1. The molecule has 0 atom stereocenters. The highest BCUT2D eigenvalue weighted by Gasteiger charge is 2.16. The number of phenolic OH excluding ortho intramolecular Hbond substituents is 1. The average Bonchev–Trinajstić information content (AvgIpc) is 2.75. The number of hydrogen-bond acceptors (Lipinski definition) is 7. The Morgan fingerprint density at radius 3 is 2.95 bits per heavy atom. The fourth-order valence-corrected chi connectivity index (χ4v) is 1.97. The third-order valence-electron chi connectivity index (χ3n) is 2.14. The first-order valence-electron chi connectivity index (χ1n) is 5.07. The van der Waals surface area contributed by atoms with Gasteiger partial charge in [-0.25, -0.2) is 0 Å². The summed E-state index contributed by atoms with van der Waals surface area (Å²) < 4.78 is 0. The number of thioether (sulfide) groups is 1. The molecular weight excluding hydrogens is 272 g/mol. The maximum atomic E-state index is 10.9. The zero-order valence-electron chi connectivity index (χ0n) is 9.44. The van der Waals surface area contributed by atoms with Crippen LogP contribution >= 0.6 is 11.8 Å². The minimum Gasteiger partial charge on any atom is -0.508 e. The van der Waals surface area contributed by atoms with Crippen LogP contribution < -0.4 is 5.32 Å². The van der Waals surface area contributed by atoms with Crippen LogP contribution in [0.4, 0.5) is 5.69 Å². The van der Waals surface area contributed by atoms with Gasteiger partial charge < -0.3 is 10.4 Å². The number of amides is 1. The second kappa shape index (κ2) is 5.48. The number of carbonyl (C=O) groups excluding carboxylic acids is 1. The molecule has 19 heavy (non-hydrogen) atoms. The van der Waals surface area contributed by atoms with Gasteiger partial charge in [-0.05, 0) is 12.1 Å². The highest BCUT2D eigenvalue weighted by molar-refractivity contribution is 8.15. The fourth-order valence-electron chi connectivity index (χ4n) is 1.33. The van der Waals surface area contributed by atoms with Gasteiger partial charge in [0.15, 0.2) is 5.17 Å². The van der Waals surface area contributed by atoms with E-state index < -0.39 is 4.92 Å². The van der Waals surface area contributed by atoms with E-state index in [0.717, 1.165) is 6.21 Å². The lowest BCUT2D eigenvalue weighted by Crippen LogP contribution is -2.19. The van der Waals surface area contributed by atoms with Crippen molar-refractivity contribution in [2.45, 2.75) is 0 Å². The van der Waals surface area contributed by atoms with Gasteiger partial charge in [0.2, 0.25) is 5.91 Å². The van der Waals surface area contributed by atoms with Crippen LogP contribution in [0.5, 0.6) is 5.75 Å². The Kier molecular flexibility index (Phi) is 3.76. The summed E-state index contributed by atoms with van der Waals surface area (Å²) in [5.74, 6) is 0.00574. The number of rotatable bonds is 3. The molecule has 2 N–H and O–H groups in total. The second-order valence-electron chi connectivity index (χ2n) is 3.49. The van der Waals surface area contributed by atoms with E-state index in [9.17, 15) is 20.0 Å². The molecule has 98 valence electrons. The van der Waals surface area contributed by atoms with Crippen LogP contribution in [0.2, 0.25) is 0 Å². The van der Waals surface area contributed by atoms with E-state index in [1.165, 1.54) is 30.0 Å². The molecule has 0 unspecified atom stereocenters. The van der Waals surface area contributed by atoms with Crippen molar-refractivity contribution in [2.24, 2.45) is 10.2 Å². The van der Waals surface area contributed by atoms with Crippen molar-refractivity contribution in [3.05, 3.63) is 33.9 Å². The van der Waals surface area contributed by atoms with Crippen molar-refractivity contribution >= 4 is 34.7 Å². The number of amidine groups is 1. The minimum absolute atomic E-state index is 0.108. The number of hydrogen-bond donors (Lipinski definition) is 2. The first kappa shape index (κ1) is 13.0. The topological polar surface area (TPSA) is 117 Å². The number of carbonyl (C=O) groups is 1. The predicted octanol–water partition coefficient (Wildman–Crippen LogP) is 0.853. The third-order valence-corrected chi connectivity index (χ3v) is 3.00. The largest absolute Gasteiger partial charge is 0.508 e. The van der Waals surface area contributed by atoms with Gasteiger partial charge in [-0.2, -0.15) is 5.10 Å². The molecule has 0 aliphatic carbocycles. The molecule has 1 aromatic rings. The summed E-state index contributed by atoms with van der Waals surface area (Å²) in [7, 11) is 0. The molecule has 1 saturated heterocycles. The highest BCUT2D eigenvalue weighted by Crippen LogP contribution is 2.21. The summed E-state index contributed by atoms with van der Waals surface area (Å²) in [5.41, 5.74) is -0.0615. The first-order chi connectivity index (χ1) is 9.06. The van der Waals surface area contributed by atoms with Crippen molar-refractivity contribution in [2.75, 3.05) is 5.75 Å². The zero-order valence-corrected chi connectivity index (χ0v) is 10.3. The molecule has 1 aromatic carbocycles. The van der Waals surface area contributed by atoms with Crippen molar-refractivity contribution in [3.8, 4) is 5.75 Å². The predicted molar refractivity (Wildman–Crippen MR) is 70.4 cm³/mol. The SMILES string of the molecule is O=C1CSC(=NN=Cc2cc(O)ccc2[N+](=O)[O-])N1. The lowest BCUT2D eigenvalue weighted by molar-refractivity contribution is -0.385. The number of nitrogens with one attached hydrogen (secondary N) is 1. The molecular formula is C10H8N4O4S. The van der Waals surface area contributed by atoms with Crippen molar-refractivity contribution in [1.29, 1.82) is 0 Å². The molecule has 1 aliphatic rings. The molecule has 8 nitrogen and oxygen atoms in total. The molecule has 0 saturated carbocycles. The van der Waals surface area contributed by atoms with E-state index in [2.05, 4.69) is 15.5 Å². The molecule has 1 fully saturated rings. The van der Waals surface area contributed by atoms with Crippen LogP contribution in [-0.4, -0.2) is 33.1 Å². The van der Waals surface area contributed by atoms with Crippen LogP contribution in [0.15, 0.2) is 28.4 Å². The minimum atomic E-state index is -0.583. The van der Waals surface area contributed by atoms with Gasteiger partial charge in [0.1, 0.15) is 5.75 Å². The monoisotopic (exact) mass is 280 g/mol. The third kappa shape index (κ3) is 3.28. The summed E-state index contributed by atoms with van der Waals surface area (Å²) in [6, 6.07) is 3.60. The Balaban J connectivity index is 2.20. The number of nitro benzene ring substituents is 1. The zero-order chi connectivity index (χ0) is 13.8. The lowest BCUT2D eigenvalue weighted by atomic mass is 10.2. The van der Waals surface area contributed by atoms with Gasteiger partial charge in [0.25, 0.3) is 5.69 Å². The maximum absolute atomic E-state index is 10.9. The van der Waals surface area contributed by atoms with Gasteiger partial charge in [0.05, 0.1) is 22.5 Å². The van der Waals surface area contributed by atoms with Gasteiger partial charge in [-0.1, -0.05) is 11.8 Å². The Labute approximate surface area is 111 Å². The molecule has 0 bridgehead atoms. The van der Waals surface area contributed by atoms with Crippen molar-refractivity contribution < 1.29 is 14.8 Å². The van der Waals surface area contributed by atoms with E-state index in [4.69, 9.17) is 0 Å². The van der Waals surface area contributed by atoms with Gasteiger partial charge in [-0.3, -0.25) is 14.9 Å². The van der Waals surface area contributed by atoms with Gasteiger partial charge in [0, 0.05) is 6.07 Å².